The number of carbonyl (C=O) groups is 2. The highest BCUT2D eigenvalue weighted by atomic mass is 32.2. The molecule has 0 fully saturated rings. The predicted octanol–water partition coefficient (Wildman–Crippen LogP) is 2.18. The fraction of sp³-hybridized carbons (Fsp3) is 0.462. The topological polar surface area (TPSA) is 79.3 Å². The van der Waals surface area contributed by atoms with Gasteiger partial charge in [0.25, 0.3) is 5.91 Å². The zero-order valence-corrected chi connectivity index (χ0v) is 11.9. The molecule has 0 saturated carbocycles. The third-order valence-electron chi connectivity index (χ3n) is 2.66. The van der Waals surface area contributed by atoms with Gasteiger partial charge in [0, 0.05) is 6.20 Å². The molecular weight excluding hydrogens is 264 g/mol. The van der Waals surface area contributed by atoms with E-state index in [9.17, 15) is 9.59 Å². The molecule has 1 rings (SSSR count). The number of carboxylic acid groups (broad SMARTS) is 1. The standard InChI is InChI=1S/C13H18N2O3S/c1-3-4-7-10(13(17)18)15-11(16)9-6-5-8-14-12(9)19-2/h5-6,8,10H,3-4,7H2,1-2H3,(H,15,16)(H,17,18). The number of pyridine rings is 1. The normalized spacial score (nSPS) is 11.9. The van der Waals surface area contributed by atoms with Crippen LogP contribution in [0.4, 0.5) is 0 Å². The lowest BCUT2D eigenvalue weighted by molar-refractivity contribution is -0.139. The number of nitrogens with one attached hydrogen (secondary N) is 1. The Balaban J connectivity index is 2.78. The van der Waals surface area contributed by atoms with E-state index in [1.807, 2.05) is 13.2 Å². The van der Waals surface area contributed by atoms with Crippen LogP contribution in [0.5, 0.6) is 0 Å². The van der Waals surface area contributed by atoms with Crippen molar-refractivity contribution in [2.45, 2.75) is 37.3 Å². The first-order valence-electron chi connectivity index (χ1n) is 6.12. The fourth-order valence-corrected chi connectivity index (χ4v) is 2.17. The summed E-state index contributed by atoms with van der Waals surface area (Å²) >= 11 is 1.36. The molecule has 1 aromatic heterocycles. The summed E-state index contributed by atoms with van der Waals surface area (Å²) in [5.41, 5.74) is 0.415. The lowest BCUT2D eigenvalue weighted by Crippen LogP contribution is -2.40. The Morgan fingerprint density at radius 2 is 2.26 bits per heavy atom. The van der Waals surface area contributed by atoms with E-state index in [0.717, 1.165) is 12.8 Å². The Morgan fingerprint density at radius 1 is 1.53 bits per heavy atom. The van der Waals surface area contributed by atoms with Crippen LogP contribution in [0.2, 0.25) is 0 Å². The van der Waals surface area contributed by atoms with Gasteiger partial charge in [0.1, 0.15) is 11.1 Å². The van der Waals surface area contributed by atoms with Crippen LogP contribution < -0.4 is 5.32 Å². The van der Waals surface area contributed by atoms with Gasteiger partial charge >= 0.3 is 5.97 Å². The van der Waals surface area contributed by atoms with Gasteiger partial charge in [-0.15, -0.1) is 11.8 Å². The van der Waals surface area contributed by atoms with Crippen LogP contribution in [0.1, 0.15) is 36.5 Å². The van der Waals surface area contributed by atoms with E-state index < -0.39 is 12.0 Å². The van der Waals surface area contributed by atoms with Gasteiger partial charge in [-0.3, -0.25) is 4.79 Å². The van der Waals surface area contributed by atoms with Crippen LogP contribution in [0.15, 0.2) is 23.4 Å². The van der Waals surface area contributed by atoms with Crippen molar-refractivity contribution in [2.75, 3.05) is 6.26 Å². The van der Waals surface area contributed by atoms with Crippen LogP contribution >= 0.6 is 11.8 Å². The highest BCUT2D eigenvalue weighted by Crippen LogP contribution is 2.17. The van der Waals surface area contributed by atoms with Crippen molar-refractivity contribution < 1.29 is 14.7 Å². The number of rotatable bonds is 7. The summed E-state index contributed by atoms with van der Waals surface area (Å²) in [5.74, 6) is -1.39. The molecule has 104 valence electrons. The number of amides is 1. The van der Waals surface area contributed by atoms with Crippen LogP contribution in [-0.2, 0) is 4.79 Å². The van der Waals surface area contributed by atoms with E-state index in [2.05, 4.69) is 10.3 Å². The lowest BCUT2D eigenvalue weighted by atomic mass is 10.1. The first-order valence-corrected chi connectivity index (χ1v) is 7.35. The minimum Gasteiger partial charge on any atom is -0.480 e. The zero-order chi connectivity index (χ0) is 14.3. The molecular formula is C13H18N2O3S. The summed E-state index contributed by atoms with van der Waals surface area (Å²) in [6.07, 6.45) is 5.52. The molecule has 0 aliphatic carbocycles. The summed E-state index contributed by atoms with van der Waals surface area (Å²) in [6.45, 7) is 1.98. The number of aliphatic carboxylic acids is 1. The number of nitrogens with zero attached hydrogens (tertiary/aromatic N) is 1. The molecule has 0 bridgehead atoms. The SMILES string of the molecule is CCCCC(NC(=O)c1cccnc1SC)C(=O)O. The average Bonchev–Trinajstić information content (AvgIpc) is 2.42. The van der Waals surface area contributed by atoms with Crippen molar-refractivity contribution in [1.29, 1.82) is 0 Å². The Bertz CT molecular complexity index is 451. The van der Waals surface area contributed by atoms with E-state index in [0.29, 0.717) is 17.0 Å². The molecule has 1 atom stereocenters. The van der Waals surface area contributed by atoms with Crippen molar-refractivity contribution in [3.63, 3.8) is 0 Å². The first kappa shape index (κ1) is 15.5. The predicted molar refractivity (Wildman–Crippen MR) is 74.4 cm³/mol. The number of hydrogen-bond acceptors (Lipinski definition) is 4. The lowest BCUT2D eigenvalue weighted by Gasteiger charge is -2.14. The monoisotopic (exact) mass is 282 g/mol. The minimum absolute atomic E-state index is 0.388. The third-order valence-corrected chi connectivity index (χ3v) is 3.37. The highest BCUT2D eigenvalue weighted by molar-refractivity contribution is 7.98. The van der Waals surface area contributed by atoms with E-state index in [1.165, 1.54) is 11.8 Å². The molecule has 0 spiro atoms. The third kappa shape index (κ3) is 4.55. The number of carbonyl (C=O) groups excluding carboxylic acids is 1. The van der Waals surface area contributed by atoms with Crippen LogP contribution in [0.25, 0.3) is 0 Å². The van der Waals surface area contributed by atoms with Crippen molar-refractivity contribution in [3.8, 4) is 0 Å². The van der Waals surface area contributed by atoms with E-state index in [4.69, 9.17) is 5.11 Å². The molecule has 0 aliphatic heterocycles. The highest BCUT2D eigenvalue weighted by Gasteiger charge is 2.21. The first-order chi connectivity index (χ1) is 9.10. The Hall–Kier alpha value is -1.56. The van der Waals surface area contributed by atoms with Crippen molar-refractivity contribution in [3.05, 3.63) is 23.9 Å². The maximum absolute atomic E-state index is 12.1. The van der Waals surface area contributed by atoms with Crippen LogP contribution in [0, 0.1) is 0 Å². The van der Waals surface area contributed by atoms with Crippen molar-refractivity contribution >= 4 is 23.6 Å². The summed E-state index contributed by atoms with van der Waals surface area (Å²) in [7, 11) is 0. The van der Waals surface area contributed by atoms with Crippen LogP contribution in [0.3, 0.4) is 0 Å². The average molecular weight is 282 g/mol. The van der Waals surface area contributed by atoms with Gasteiger partial charge < -0.3 is 10.4 Å². The number of unbranched alkanes of at least 4 members (excludes halogenated alkanes) is 1. The smallest absolute Gasteiger partial charge is 0.326 e. The molecule has 1 amide bonds. The number of carboxylic acids is 1. The molecule has 0 saturated heterocycles. The van der Waals surface area contributed by atoms with Crippen LogP contribution in [-0.4, -0.2) is 34.3 Å². The van der Waals surface area contributed by atoms with Gasteiger partial charge in [0.05, 0.1) is 5.56 Å². The summed E-state index contributed by atoms with van der Waals surface area (Å²) in [5, 5.41) is 12.2. The van der Waals surface area contributed by atoms with Gasteiger partial charge in [-0.2, -0.15) is 0 Å². The quantitative estimate of drug-likeness (QED) is 0.749. The van der Waals surface area contributed by atoms with E-state index >= 15 is 0 Å². The fourth-order valence-electron chi connectivity index (χ4n) is 1.63. The number of aromatic nitrogens is 1. The molecule has 6 heteroatoms. The number of thioether (sulfide) groups is 1. The van der Waals surface area contributed by atoms with Crippen molar-refractivity contribution in [1.82, 2.24) is 10.3 Å². The Morgan fingerprint density at radius 3 is 2.84 bits per heavy atom. The van der Waals surface area contributed by atoms with Gasteiger partial charge in [-0.25, -0.2) is 9.78 Å². The zero-order valence-electron chi connectivity index (χ0n) is 11.0. The summed E-state index contributed by atoms with van der Waals surface area (Å²) in [4.78, 5) is 27.3. The number of hydrogen-bond donors (Lipinski definition) is 2. The molecule has 0 aliphatic rings. The minimum atomic E-state index is -1.00. The molecule has 1 unspecified atom stereocenters. The Kier molecular flexibility index (Phi) is 6.35. The molecule has 0 radical (unpaired) electrons. The van der Waals surface area contributed by atoms with Gasteiger partial charge in [0.2, 0.25) is 0 Å². The van der Waals surface area contributed by atoms with Gasteiger partial charge in [-0.1, -0.05) is 19.8 Å². The Labute approximate surface area is 116 Å². The second-order valence-corrected chi connectivity index (χ2v) is 4.86. The van der Waals surface area contributed by atoms with Gasteiger partial charge in [-0.05, 0) is 24.8 Å². The molecule has 19 heavy (non-hydrogen) atoms. The van der Waals surface area contributed by atoms with E-state index in [-0.39, 0.29) is 5.91 Å². The van der Waals surface area contributed by atoms with Crippen molar-refractivity contribution in [2.24, 2.45) is 0 Å². The molecule has 1 aromatic rings. The maximum atomic E-state index is 12.1. The second-order valence-electron chi connectivity index (χ2n) is 4.07. The van der Waals surface area contributed by atoms with Gasteiger partial charge in [0.15, 0.2) is 0 Å². The maximum Gasteiger partial charge on any atom is 0.326 e. The molecule has 2 N–H and O–H groups in total. The summed E-state index contributed by atoms with van der Waals surface area (Å²) in [6, 6.07) is 2.46. The molecule has 5 nitrogen and oxygen atoms in total. The van der Waals surface area contributed by atoms with E-state index in [1.54, 1.807) is 18.3 Å². The molecule has 0 aromatic carbocycles. The largest absolute Gasteiger partial charge is 0.480 e. The second kappa shape index (κ2) is 7.78. The molecule has 1 heterocycles. The summed E-state index contributed by atoms with van der Waals surface area (Å²) < 4.78 is 0.